The van der Waals surface area contributed by atoms with Gasteiger partial charge in [-0.1, -0.05) is 11.6 Å². The SMILES string of the molecule is CN(C)CCOC(=O)c1ccc(Cl)cc1.Cl. The molecule has 1 aromatic carbocycles. The fraction of sp³-hybridized carbons (Fsp3) is 0.364. The summed E-state index contributed by atoms with van der Waals surface area (Å²) in [5, 5.41) is 0.611. The molecule has 0 unspecified atom stereocenters. The van der Waals surface area contributed by atoms with Crippen LogP contribution >= 0.6 is 24.0 Å². The molecule has 5 heteroatoms. The molecule has 0 N–H and O–H groups in total. The zero-order valence-electron chi connectivity index (χ0n) is 9.27. The lowest BCUT2D eigenvalue weighted by Crippen LogP contribution is -2.20. The highest BCUT2D eigenvalue weighted by molar-refractivity contribution is 6.30. The number of likely N-dealkylation sites (N-methyl/N-ethyl adjacent to an activating group) is 1. The summed E-state index contributed by atoms with van der Waals surface area (Å²) in [5.41, 5.74) is 0.526. The van der Waals surface area contributed by atoms with Crippen molar-refractivity contribution in [2.24, 2.45) is 0 Å². The van der Waals surface area contributed by atoms with Gasteiger partial charge in [0.1, 0.15) is 6.61 Å². The molecule has 0 spiro atoms. The van der Waals surface area contributed by atoms with Crippen LogP contribution in [0.4, 0.5) is 0 Å². The topological polar surface area (TPSA) is 29.5 Å². The zero-order valence-corrected chi connectivity index (χ0v) is 10.8. The Balaban J connectivity index is 0.00000225. The van der Waals surface area contributed by atoms with Gasteiger partial charge in [-0.05, 0) is 38.4 Å². The van der Waals surface area contributed by atoms with Crippen molar-refractivity contribution in [2.75, 3.05) is 27.2 Å². The molecule has 0 amide bonds. The van der Waals surface area contributed by atoms with Crippen molar-refractivity contribution in [3.63, 3.8) is 0 Å². The van der Waals surface area contributed by atoms with Gasteiger partial charge >= 0.3 is 5.97 Å². The highest BCUT2D eigenvalue weighted by atomic mass is 35.5. The maximum atomic E-state index is 11.5. The van der Waals surface area contributed by atoms with Crippen LogP contribution in [0.5, 0.6) is 0 Å². The molecule has 0 fully saturated rings. The Kier molecular flexibility index (Phi) is 7.13. The normalized spacial score (nSPS) is 9.75. The minimum absolute atomic E-state index is 0. The molecule has 90 valence electrons. The van der Waals surface area contributed by atoms with Gasteiger partial charge in [-0.15, -0.1) is 12.4 Å². The summed E-state index contributed by atoms with van der Waals surface area (Å²) in [6.07, 6.45) is 0. The van der Waals surface area contributed by atoms with Crippen molar-refractivity contribution in [2.45, 2.75) is 0 Å². The quantitative estimate of drug-likeness (QED) is 0.782. The maximum Gasteiger partial charge on any atom is 0.338 e. The van der Waals surface area contributed by atoms with E-state index in [4.69, 9.17) is 16.3 Å². The van der Waals surface area contributed by atoms with Gasteiger partial charge in [-0.2, -0.15) is 0 Å². The second kappa shape index (κ2) is 7.49. The Bertz CT molecular complexity index is 325. The van der Waals surface area contributed by atoms with Crippen molar-refractivity contribution < 1.29 is 9.53 Å². The molecule has 3 nitrogen and oxygen atoms in total. The lowest BCUT2D eigenvalue weighted by Gasteiger charge is -2.09. The molecule has 1 aromatic rings. The molecule has 0 saturated heterocycles. The number of hydrogen-bond acceptors (Lipinski definition) is 3. The van der Waals surface area contributed by atoms with Crippen LogP contribution in [-0.4, -0.2) is 38.1 Å². The van der Waals surface area contributed by atoms with Crippen LogP contribution in [0.25, 0.3) is 0 Å². The number of ether oxygens (including phenoxy) is 1. The van der Waals surface area contributed by atoms with E-state index in [0.29, 0.717) is 17.2 Å². The van der Waals surface area contributed by atoms with E-state index in [1.807, 2.05) is 19.0 Å². The summed E-state index contributed by atoms with van der Waals surface area (Å²) in [4.78, 5) is 13.4. The van der Waals surface area contributed by atoms with Crippen molar-refractivity contribution >= 4 is 30.0 Å². The molecule has 0 aliphatic heterocycles. The van der Waals surface area contributed by atoms with E-state index in [1.54, 1.807) is 24.3 Å². The third-order valence-corrected chi connectivity index (χ3v) is 2.10. The first-order valence-corrected chi connectivity index (χ1v) is 5.05. The van der Waals surface area contributed by atoms with Gasteiger partial charge < -0.3 is 9.64 Å². The van der Waals surface area contributed by atoms with Crippen LogP contribution in [0.15, 0.2) is 24.3 Å². The van der Waals surface area contributed by atoms with E-state index in [2.05, 4.69) is 0 Å². The van der Waals surface area contributed by atoms with Gasteiger partial charge in [0.2, 0.25) is 0 Å². The smallest absolute Gasteiger partial charge is 0.338 e. The first kappa shape index (κ1) is 15.2. The molecule has 0 radical (unpaired) electrons. The minimum atomic E-state index is -0.312. The average Bonchev–Trinajstić information content (AvgIpc) is 2.18. The predicted octanol–water partition coefficient (Wildman–Crippen LogP) is 2.48. The van der Waals surface area contributed by atoms with Crippen molar-refractivity contribution in [1.29, 1.82) is 0 Å². The van der Waals surface area contributed by atoms with Crippen LogP contribution in [0, 0.1) is 0 Å². The Labute approximate surface area is 107 Å². The van der Waals surface area contributed by atoms with Crippen LogP contribution in [0.1, 0.15) is 10.4 Å². The summed E-state index contributed by atoms with van der Waals surface area (Å²) < 4.78 is 5.06. The van der Waals surface area contributed by atoms with Crippen molar-refractivity contribution in [1.82, 2.24) is 4.90 Å². The number of halogens is 2. The third kappa shape index (κ3) is 5.35. The first-order valence-electron chi connectivity index (χ1n) is 4.67. The Morgan fingerprint density at radius 1 is 1.31 bits per heavy atom. The van der Waals surface area contributed by atoms with E-state index in [1.165, 1.54) is 0 Å². The number of benzene rings is 1. The van der Waals surface area contributed by atoms with Crippen LogP contribution in [-0.2, 0) is 4.74 Å². The fourth-order valence-electron chi connectivity index (χ4n) is 0.990. The fourth-order valence-corrected chi connectivity index (χ4v) is 1.12. The Morgan fingerprint density at radius 3 is 2.38 bits per heavy atom. The van der Waals surface area contributed by atoms with E-state index in [-0.39, 0.29) is 18.4 Å². The summed E-state index contributed by atoms with van der Waals surface area (Å²) in [6.45, 7) is 1.12. The molecule has 1 rings (SSSR count). The first-order chi connectivity index (χ1) is 7.09. The highest BCUT2D eigenvalue weighted by Crippen LogP contribution is 2.10. The highest BCUT2D eigenvalue weighted by Gasteiger charge is 2.06. The van der Waals surface area contributed by atoms with Gasteiger partial charge in [0, 0.05) is 11.6 Å². The lowest BCUT2D eigenvalue weighted by atomic mass is 10.2. The molecule has 0 aliphatic carbocycles. The lowest BCUT2D eigenvalue weighted by molar-refractivity contribution is 0.0482. The van der Waals surface area contributed by atoms with Gasteiger partial charge in [-0.3, -0.25) is 0 Å². The molecule has 0 aromatic heterocycles. The monoisotopic (exact) mass is 263 g/mol. The predicted molar refractivity (Wildman–Crippen MR) is 67.5 cm³/mol. The average molecular weight is 264 g/mol. The van der Waals surface area contributed by atoms with E-state index in [9.17, 15) is 4.79 Å². The van der Waals surface area contributed by atoms with E-state index in [0.717, 1.165) is 6.54 Å². The molecule has 0 heterocycles. The number of nitrogens with zero attached hydrogens (tertiary/aromatic N) is 1. The zero-order chi connectivity index (χ0) is 11.3. The van der Waals surface area contributed by atoms with Crippen LogP contribution in [0.3, 0.4) is 0 Å². The molecule has 16 heavy (non-hydrogen) atoms. The molecule has 0 aliphatic rings. The summed E-state index contributed by atoms with van der Waals surface area (Å²) in [7, 11) is 3.85. The standard InChI is InChI=1S/C11H14ClNO2.ClH/c1-13(2)7-8-15-11(14)9-3-5-10(12)6-4-9;/h3-6H,7-8H2,1-2H3;1H. The molecular weight excluding hydrogens is 249 g/mol. The van der Waals surface area contributed by atoms with Crippen molar-refractivity contribution in [3.8, 4) is 0 Å². The van der Waals surface area contributed by atoms with Gasteiger partial charge in [0.25, 0.3) is 0 Å². The summed E-state index contributed by atoms with van der Waals surface area (Å²) in [5.74, 6) is -0.312. The number of rotatable bonds is 4. The van der Waals surface area contributed by atoms with E-state index < -0.39 is 0 Å². The second-order valence-corrected chi connectivity index (χ2v) is 3.88. The van der Waals surface area contributed by atoms with Crippen LogP contribution < -0.4 is 0 Å². The largest absolute Gasteiger partial charge is 0.461 e. The van der Waals surface area contributed by atoms with Crippen LogP contribution in [0.2, 0.25) is 5.02 Å². The Morgan fingerprint density at radius 2 is 1.88 bits per heavy atom. The van der Waals surface area contributed by atoms with Gasteiger partial charge in [0.05, 0.1) is 5.56 Å². The van der Waals surface area contributed by atoms with Gasteiger partial charge in [-0.25, -0.2) is 4.79 Å². The molecule has 0 atom stereocenters. The second-order valence-electron chi connectivity index (χ2n) is 3.45. The minimum Gasteiger partial charge on any atom is -0.461 e. The summed E-state index contributed by atoms with van der Waals surface area (Å²) in [6, 6.07) is 6.65. The third-order valence-electron chi connectivity index (χ3n) is 1.85. The van der Waals surface area contributed by atoms with Gasteiger partial charge in [0.15, 0.2) is 0 Å². The number of carbonyl (C=O) groups excluding carboxylic acids is 1. The number of esters is 1. The molecule has 0 saturated carbocycles. The molecular formula is C11H15Cl2NO2. The van der Waals surface area contributed by atoms with E-state index >= 15 is 0 Å². The Hall–Kier alpha value is -0.770. The number of hydrogen-bond donors (Lipinski definition) is 0. The summed E-state index contributed by atoms with van der Waals surface area (Å²) >= 11 is 5.70. The molecule has 0 bridgehead atoms. The van der Waals surface area contributed by atoms with Crippen molar-refractivity contribution in [3.05, 3.63) is 34.9 Å². The number of carbonyl (C=O) groups is 1. The maximum absolute atomic E-state index is 11.5.